The summed E-state index contributed by atoms with van der Waals surface area (Å²) < 4.78 is 24.5. The van der Waals surface area contributed by atoms with Crippen LogP contribution in [0.25, 0.3) is 11.3 Å². The number of nitrogens with zero attached hydrogens (tertiary/aromatic N) is 3. The Morgan fingerprint density at radius 3 is 2.54 bits per heavy atom. The van der Waals surface area contributed by atoms with Crippen molar-refractivity contribution in [2.24, 2.45) is 5.92 Å². The minimum Gasteiger partial charge on any atom is -0.352 e. The average Bonchev–Trinajstić information content (AvgIpc) is 2.66. The lowest BCUT2D eigenvalue weighted by Crippen LogP contribution is -2.42. The maximum Gasteiger partial charge on any atom is 0.223 e. The van der Waals surface area contributed by atoms with Gasteiger partial charge in [-0.25, -0.2) is 12.7 Å². The summed E-state index contributed by atoms with van der Waals surface area (Å²) in [5.41, 5.74) is 2.77. The highest BCUT2D eigenvalue weighted by Gasteiger charge is 2.28. The number of carbonyl (C=O) groups is 1. The van der Waals surface area contributed by atoms with Gasteiger partial charge in [0.05, 0.1) is 11.9 Å². The van der Waals surface area contributed by atoms with E-state index in [1.807, 2.05) is 24.3 Å². The number of hydrogen-bond acceptors (Lipinski definition) is 5. The van der Waals surface area contributed by atoms with Crippen molar-refractivity contribution in [2.45, 2.75) is 19.4 Å². The van der Waals surface area contributed by atoms with Crippen LogP contribution in [-0.4, -0.2) is 47.9 Å². The van der Waals surface area contributed by atoms with Crippen LogP contribution < -0.4 is 5.32 Å². The molecule has 1 saturated heterocycles. The first-order valence-corrected chi connectivity index (χ1v) is 10.4. The van der Waals surface area contributed by atoms with Crippen LogP contribution in [0.2, 0.25) is 0 Å². The maximum atomic E-state index is 12.4. The lowest BCUT2D eigenvalue weighted by Gasteiger charge is -2.29. The SMILES string of the molecule is CS(=O)(=O)N1CCC(C(=O)NCc2ccnc(-c3ccncc3)c2)CC1. The van der Waals surface area contributed by atoms with E-state index in [9.17, 15) is 13.2 Å². The van der Waals surface area contributed by atoms with Crippen LogP contribution in [-0.2, 0) is 21.4 Å². The molecule has 0 aliphatic carbocycles. The molecule has 0 radical (unpaired) electrons. The third kappa shape index (κ3) is 4.64. The van der Waals surface area contributed by atoms with E-state index < -0.39 is 10.0 Å². The molecule has 0 spiro atoms. The van der Waals surface area contributed by atoms with Crippen molar-refractivity contribution in [3.05, 3.63) is 48.4 Å². The highest BCUT2D eigenvalue weighted by atomic mass is 32.2. The van der Waals surface area contributed by atoms with E-state index in [0.717, 1.165) is 16.8 Å². The summed E-state index contributed by atoms with van der Waals surface area (Å²) in [6.45, 7) is 1.22. The van der Waals surface area contributed by atoms with Gasteiger partial charge in [-0.1, -0.05) is 0 Å². The van der Waals surface area contributed by atoms with Crippen molar-refractivity contribution in [3.8, 4) is 11.3 Å². The fourth-order valence-corrected chi connectivity index (χ4v) is 3.92. The lowest BCUT2D eigenvalue weighted by atomic mass is 9.97. The molecule has 0 bridgehead atoms. The van der Waals surface area contributed by atoms with Crippen LogP contribution in [0.3, 0.4) is 0 Å². The standard InChI is InChI=1S/C18H22N4O3S/c1-26(24,25)22-10-5-16(6-11-22)18(23)21-13-14-2-9-20-17(12-14)15-3-7-19-8-4-15/h2-4,7-9,12,16H,5-6,10-11,13H2,1H3,(H,21,23). The number of amides is 1. The van der Waals surface area contributed by atoms with Crippen molar-refractivity contribution in [1.29, 1.82) is 0 Å². The molecule has 1 aliphatic rings. The second-order valence-electron chi connectivity index (χ2n) is 6.44. The summed E-state index contributed by atoms with van der Waals surface area (Å²) in [5.74, 6) is -0.171. The molecule has 7 nitrogen and oxygen atoms in total. The molecular weight excluding hydrogens is 352 g/mol. The second-order valence-corrected chi connectivity index (χ2v) is 8.42. The van der Waals surface area contributed by atoms with E-state index in [-0.39, 0.29) is 11.8 Å². The first kappa shape index (κ1) is 18.5. The number of rotatable bonds is 5. The molecule has 1 N–H and O–H groups in total. The summed E-state index contributed by atoms with van der Waals surface area (Å²) in [6.07, 6.45) is 7.47. The third-order valence-electron chi connectivity index (χ3n) is 4.56. The second kappa shape index (κ2) is 7.92. The summed E-state index contributed by atoms with van der Waals surface area (Å²) >= 11 is 0. The van der Waals surface area contributed by atoms with Gasteiger partial charge in [0.1, 0.15) is 0 Å². The molecule has 3 heterocycles. The molecule has 26 heavy (non-hydrogen) atoms. The van der Waals surface area contributed by atoms with E-state index in [4.69, 9.17) is 0 Å². The highest BCUT2D eigenvalue weighted by molar-refractivity contribution is 7.88. The lowest BCUT2D eigenvalue weighted by molar-refractivity contribution is -0.126. The van der Waals surface area contributed by atoms with Crippen LogP contribution in [0.1, 0.15) is 18.4 Å². The number of pyridine rings is 2. The predicted molar refractivity (Wildman–Crippen MR) is 98.5 cm³/mol. The zero-order valence-electron chi connectivity index (χ0n) is 14.6. The molecule has 138 valence electrons. The molecule has 8 heteroatoms. The number of sulfonamides is 1. The van der Waals surface area contributed by atoms with Crippen molar-refractivity contribution >= 4 is 15.9 Å². The monoisotopic (exact) mass is 374 g/mol. The van der Waals surface area contributed by atoms with E-state index in [2.05, 4.69) is 15.3 Å². The van der Waals surface area contributed by atoms with Gasteiger partial charge < -0.3 is 5.32 Å². The Balaban J connectivity index is 1.56. The van der Waals surface area contributed by atoms with E-state index >= 15 is 0 Å². The van der Waals surface area contributed by atoms with Crippen LogP contribution in [0.5, 0.6) is 0 Å². The molecule has 2 aromatic heterocycles. The Morgan fingerprint density at radius 1 is 1.19 bits per heavy atom. The van der Waals surface area contributed by atoms with Crippen LogP contribution in [0.15, 0.2) is 42.9 Å². The fraction of sp³-hybridized carbons (Fsp3) is 0.389. The fourth-order valence-electron chi connectivity index (χ4n) is 3.05. The van der Waals surface area contributed by atoms with E-state index in [0.29, 0.717) is 32.5 Å². The smallest absolute Gasteiger partial charge is 0.223 e. The summed E-state index contributed by atoms with van der Waals surface area (Å²) in [5, 5.41) is 2.95. The van der Waals surface area contributed by atoms with Gasteiger partial charge in [-0.15, -0.1) is 0 Å². The molecule has 1 fully saturated rings. The zero-order valence-corrected chi connectivity index (χ0v) is 15.4. The van der Waals surface area contributed by atoms with Gasteiger partial charge in [-0.2, -0.15) is 0 Å². The first-order valence-electron chi connectivity index (χ1n) is 8.51. The Bertz CT molecular complexity index is 863. The molecule has 0 atom stereocenters. The molecule has 1 amide bonds. The van der Waals surface area contributed by atoms with Gasteiger partial charge >= 0.3 is 0 Å². The normalized spacial score (nSPS) is 16.3. The summed E-state index contributed by atoms with van der Waals surface area (Å²) in [7, 11) is -3.17. The topological polar surface area (TPSA) is 92.3 Å². The quantitative estimate of drug-likeness (QED) is 0.855. The van der Waals surface area contributed by atoms with Crippen molar-refractivity contribution < 1.29 is 13.2 Å². The van der Waals surface area contributed by atoms with Gasteiger partial charge in [0, 0.05) is 49.7 Å². The van der Waals surface area contributed by atoms with E-state index in [1.165, 1.54) is 10.6 Å². The van der Waals surface area contributed by atoms with Crippen molar-refractivity contribution in [2.75, 3.05) is 19.3 Å². The summed E-state index contributed by atoms with van der Waals surface area (Å²) in [4.78, 5) is 20.7. The van der Waals surface area contributed by atoms with Gasteiger partial charge in [0.15, 0.2) is 0 Å². The molecule has 0 unspecified atom stereocenters. The molecule has 1 aliphatic heterocycles. The number of aromatic nitrogens is 2. The number of carbonyl (C=O) groups excluding carboxylic acids is 1. The molecule has 0 saturated carbocycles. The van der Waals surface area contributed by atoms with Gasteiger partial charge in [-0.05, 0) is 42.7 Å². The Kier molecular flexibility index (Phi) is 5.63. The molecule has 0 aromatic carbocycles. The minimum absolute atomic E-state index is 0.0274. The van der Waals surface area contributed by atoms with Crippen LogP contribution >= 0.6 is 0 Å². The van der Waals surface area contributed by atoms with Gasteiger partial charge in [-0.3, -0.25) is 14.8 Å². The Hall–Kier alpha value is -2.32. The zero-order chi connectivity index (χ0) is 18.6. The number of piperidine rings is 1. The van der Waals surface area contributed by atoms with Crippen molar-refractivity contribution in [1.82, 2.24) is 19.6 Å². The van der Waals surface area contributed by atoms with E-state index in [1.54, 1.807) is 18.6 Å². The maximum absolute atomic E-state index is 12.4. The van der Waals surface area contributed by atoms with Crippen LogP contribution in [0, 0.1) is 5.92 Å². The predicted octanol–water partition coefficient (Wildman–Crippen LogP) is 1.43. The number of nitrogens with one attached hydrogen (secondary N) is 1. The molecule has 3 rings (SSSR count). The van der Waals surface area contributed by atoms with Crippen molar-refractivity contribution in [3.63, 3.8) is 0 Å². The van der Waals surface area contributed by atoms with Crippen LogP contribution in [0.4, 0.5) is 0 Å². The average molecular weight is 374 g/mol. The molecule has 2 aromatic rings. The summed E-state index contributed by atoms with van der Waals surface area (Å²) in [6, 6.07) is 7.60. The van der Waals surface area contributed by atoms with Gasteiger partial charge in [0.25, 0.3) is 0 Å². The minimum atomic E-state index is -3.17. The third-order valence-corrected chi connectivity index (χ3v) is 5.86. The number of hydrogen-bond donors (Lipinski definition) is 1. The Morgan fingerprint density at radius 2 is 1.88 bits per heavy atom. The highest BCUT2D eigenvalue weighted by Crippen LogP contribution is 2.20. The molecular formula is C18H22N4O3S. The Labute approximate surface area is 153 Å². The largest absolute Gasteiger partial charge is 0.352 e. The first-order chi connectivity index (χ1) is 12.4. The van der Waals surface area contributed by atoms with Gasteiger partial charge in [0.2, 0.25) is 15.9 Å².